The summed E-state index contributed by atoms with van der Waals surface area (Å²) in [6, 6.07) is 10.1. The normalized spacial score (nSPS) is 21.1. The van der Waals surface area contributed by atoms with E-state index >= 15 is 0 Å². The molecular formula is C19H30N2O3. The van der Waals surface area contributed by atoms with E-state index in [2.05, 4.69) is 5.32 Å². The maximum absolute atomic E-state index is 12.6. The highest BCUT2D eigenvalue weighted by atomic mass is 16.6. The van der Waals surface area contributed by atoms with Crippen molar-refractivity contribution in [2.45, 2.75) is 51.4 Å². The molecule has 0 radical (unpaired) electrons. The third-order valence-electron chi connectivity index (χ3n) is 4.20. The van der Waals surface area contributed by atoms with Crippen LogP contribution >= 0.6 is 0 Å². The summed E-state index contributed by atoms with van der Waals surface area (Å²) in [5, 5.41) is 3.22. The summed E-state index contributed by atoms with van der Waals surface area (Å²) < 4.78 is 11.6. The van der Waals surface area contributed by atoms with Crippen molar-refractivity contribution < 1.29 is 14.3 Å². The second-order valence-electron chi connectivity index (χ2n) is 7.47. The maximum Gasteiger partial charge on any atom is 0.410 e. The van der Waals surface area contributed by atoms with Gasteiger partial charge in [-0.05, 0) is 46.2 Å². The molecule has 5 nitrogen and oxygen atoms in total. The van der Waals surface area contributed by atoms with Gasteiger partial charge in [-0.15, -0.1) is 0 Å². The highest BCUT2D eigenvalue weighted by molar-refractivity contribution is 5.69. The zero-order valence-corrected chi connectivity index (χ0v) is 15.3. The summed E-state index contributed by atoms with van der Waals surface area (Å²) in [6.07, 6.45) is 1.64. The SMILES string of the molecule is CNCC1(COCc2ccccc2)CCCN1C(=O)OC(C)(C)C. The van der Waals surface area contributed by atoms with Crippen molar-refractivity contribution in [3.8, 4) is 0 Å². The summed E-state index contributed by atoms with van der Waals surface area (Å²) >= 11 is 0. The van der Waals surface area contributed by atoms with Crippen LogP contribution in [0.1, 0.15) is 39.2 Å². The molecule has 1 aliphatic heterocycles. The van der Waals surface area contributed by atoms with Crippen molar-refractivity contribution in [3.63, 3.8) is 0 Å². The van der Waals surface area contributed by atoms with E-state index in [9.17, 15) is 4.79 Å². The number of likely N-dealkylation sites (N-methyl/N-ethyl adjacent to an activating group) is 1. The number of rotatable bonds is 6. The van der Waals surface area contributed by atoms with Gasteiger partial charge in [-0.3, -0.25) is 4.90 Å². The average molecular weight is 334 g/mol. The lowest BCUT2D eigenvalue weighted by Gasteiger charge is -2.39. The Morgan fingerprint density at radius 3 is 2.62 bits per heavy atom. The molecule has 1 N–H and O–H groups in total. The minimum atomic E-state index is -0.490. The molecule has 1 amide bonds. The number of likely N-dealkylation sites (tertiary alicyclic amines) is 1. The summed E-state index contributed by atoms with van der Waals surface area (Å²) in [5.74, 6) is 0. The lowest BCUT2D eigenvalue weighted by Crippen LogP contribution is -2.56. The topological polar surface area (TPSA) is 50.8 Å². The minimum Gasteiger partial charge on any atom is -0.444 e. The Balaban J connectivity index is 2.03. The Kier molecular flexibility index (Phi) is 6.24. The first-order valence-electron chi connectivity index (χ1n) is 8.63. The number of carbonyl (C=O) groups is 1. The molecular weight excluding hydrogens is 304 g/mol. The first-order chi connectivity index (χ1) is 11.4. The smallest absolute Gasteiger partial charge is 0.410 e. The van der Waals surface area contributed by atoms with Crippen LogP contribution in [0.15, 0.2) is 30.3 Å². The molecule has 1 aliphatic rings. The molecule has 0 saturated carbocycles. The van der Waals surface area contributed by atoms with Crippen LogP contribution < -0.4 is 5.32 Å². The van der Waals surface area contributed by atoms with Gasteiger partial charge in [0, 0.05) is 13.1 Å². The van der Waals surface area contributed by atoms with Gasteiger partial charge in [-0.1, -0.05) is 30.3 Å². The number of nitrogens with one attached hydrogen (secondary N) is 1. The molecule has 134 valence electrons. The maximum atomic E-state index is 12.6. The monoisotopic (exact) mass is 334 g/mol. The van der Waals surface area contributed by atoms with Gasteiger partial charge in [0.1, 0.15) is 5.60 Å². The lowest BCUT2D eigenvalue weighted by molar-refractivity contribution is -0.0211. The third kappa shape index (κ3) is 4.95. The fourth-order valence-electron chi connectivity index (χ4n) is 3.19. The predicted molar refractivity (Wildman–Crippen MR) is 94.9 cm³/mol. The molecule has 2 rings (SSSR count). The highest BCUT2D eigenvalue weighted by Crippen LogP contribution is 2.31. The summed E-state index contributed by atoms with van der Waals surface area (Å²) in [4.78, 5) is 14.5. The quantitative estimate of drug-likeness (QED) is 0.868. The fourth-order valence-corrected chi connectivity index (χ4v) is 3.19. The fraction of sp³-hybridized carbons (Fsp3) is 0.632. The van der Waals surface area contributed by atoms with Gasteiger partial charge in [0.2, 0.25) is 0 Å². The van der Waals surface area contributed by atoms with Crippen LogP contribution in [0, 0.1) is 0 Å². The van der Waals surface area contributed by atoms with Crippen LogP contribution in [-0.2, 0) is 16.1 Å². The van der Waals surface area contributed by atoms with Crippen molar-refractivity contribution in [2.24, 2.45) is 0 Å². The zero-order valence-electron chi connectivity index (χ0n) is 15.3. The van der Waals surface area contributed by atoms with E-state index in [-0.39, 0.29) is 11.6 Å². The zero-order chi connectivity index (χ0) is 17.6. The average Bonchev–Trinajstić information content (AvgIpc) is 2.91. The first kappa shape index (κ1) is 18.7. The van der Waals surface area contributed by atoms with Crippen molar-refractivity contribution in [1.29, 1.82) is 0 Å². The number of nitrogens with zero attached hydrogens (tertiary/aromatic N) is 1. The second-order valence-corrected chi connectivity index (χ2v) is 7.47. The van der Waals surface area contributed by atoms with E-state index in [0.29, 0.717) is 26.3 Å². The molecule has 0 aromatic heterocycles. The van der Waals surface area contributed by atoms with Crippen LogP contribution in [0.2, 0.25) is 0 Å². The number of benzene rings is 1. The Bertz CT molecular complexity index is 527. The van der Waals surface area contributed by atoms with Crippen LogP contribution in [0.4, 0.5) is 4.79 Å². The number of hydrogen-bond acceptors (Lipinski definition) is 4. The van der Waals surface area contributed by atoms with Gasteiger partial charge in [0.05, 0.1) is 18.8 Å². The van der Waals surface area contributed by atoms with Gasteiger partial charge in [-0.2, -0.15) is 0 Å². The van der Waals surface area contributed by atoms with Gasteiger partial charge in [0.15, 0.2) is 0 Å². The van der Waals surface area contributed by atoms with Crippen molar-refractivity contribution in [2.75, 3.05) is 26.7 Å². The highest BCUT2D eigenvalue weighted by Gasteiger charge is 2.45. The predicted octanol–water partition coefficient (Wildman–Crippen LogP) is 3.19. The molecule has 24 heavy (non-hydrogen) atoms. The van der Waals surface area contributed by atoms with Crippen molar-refractivity contribution in [3.05, 3.63) is 35.9 Å². The first-order valence-corrected chi connectivity index (χ1v) is 8.63. The Hall–Kier alpha value is -1.59. The molecule has 5 heteroatoms. The van der Waals surface area contributed by atoms with E-state index in [4.69, 9.17) is 9.47 Å². The van der Waals surface area contributed by atoms with E-state index in [1.165, 1.54) is 0 Å². The number of hydrogen-bond donors (Lipinski definition) is 1. The molecule has 1 aromatic rings. The molecule has 1 unspecified atom stereocenters. The minimum absolute atomic E-state index is 0.251. The summed E-state index contributed by atoms with van der Waals surface area (Å²) in [6.45, 7) is 8.15. The van der Waals surface area contributed by atoms with E-state index in [0.717, 1.165) is 18.4 Å². The van der Waals surface area contributed by atoms with Crippen LogP contribution in [0.5, 0.6) is 0 Å². The number of ether oxygens (including phenoxy) is 2. The van der Waals surface area contributed by atoms with Gasteiger partial charge < -0.3 is 14.8 Å². The van der Waals surface area contributed by atoms with Gasteiger partial charge >= 0.3 is 6.09 Å². The summed E-state index contributed by atoms with van der Waals surface area (Å²) in [5.41, 5.74) is 0.306. The number of carbonyl (C=O) groups excluding carboxylic acids is 1. The molecule has 1 atom stereocenters. The van der Waals surface area contributed by atoms with Crippen LogP contribution in [-0.4, -0.2) is 48.9 Å². The Labute approximate surface area is 145 Å². The molecule has 1 heterocycles. The molecule has 0 aliphatic carbocycles. The van der Waals surface area contributed by atoms with Gasteiger partial charge in [0.25, 0.3) is 0 Å². The molecule has 1 fully saturated rings. The lowest BCUT2D eigenvalue weighted by atomic mass is 9.97. The van der Waals surface area contributed by atoms with Crippen LogP contribution in [0.3, 0.4) is 0 Å². The molecule has 0 bridgehead atoms. The largest absolute Gasteiger partial charge is 0.444 e. The van der Waals surface area contributed by atoms with Gasteiger partial charge in [-0.25, -0.2) is 4.79 Å². The molecule has 1 saturated heterocycles. The van der Waals surface area contributed by atoms with Crippen molar-refractivity contribution >= 4 is 6.09 Å². The van der Waals surface area contributed by atoms with E-state index < -0.39 is 5.60 Å². The second kappa shape index (κ2) is 7.99. The summed E-state index contributed by atoms with van der Waals surface area (Å²) in [7, 11) is 1.91. The molecule has 0 spiro atoms. The molecule has 1 aromatic carbocycles. The van der Waals surface area contributed by atoms with E-state index in [1.807, 2.05) is 63.1 Å². The Morgan fingerprint density at radius 2 is 2.00 bits per heavy atom. The van der Waals surface area contributed by atoms with Crippen LogP contribution in [0.25, 0.3) is 0 Å². The Morgan fingerprint density at radius 1 is 1.29 bits per heavy atom. The number of amides is 1. The van der Waals surface area contributed by atoms with E-state index in [1.54, 1.807) is 0 Å². The standard InChI is InChI=1S/C19H30N2O3/c1-18(2,3)24-17(22)21-12-8-11-19(21,14-20-4)15-23-13-16-9-6-5-7-10-16/h5-7,9-10,20H,8,11-15H2,1-4H3. The third-order valence-corrected chi connectivity index (χ3v) is 4.20. The van der Waals surface area contributed by atoms with Crippen molar-refractivity contribution in [1.82, 2.24) is 10.2 Å².